The van der Waals surface area contributed by atoms with E-state index in [2.05, 4.69) is 19.2 Å². The number of nitrogens with one attached hydrogen (secondary N) is 1. The summed E-state index contributed by atoms with van der Waals surface area (Å²) in [5, 5.41) is 3.18. The molecule has 172 valence electrons. The molecule has 1 saturated heterocycles. The smallest absolute Gasteiger partial charge is 0.243 e. The van der Waals surface area contributed by atoms with Crippen LogP contribution in [0.15, 0.2) is 53.4 Å². The van der Waals surface area contributed by atoms with Gasteiger partial charge in [0.2, 0.25) is 15.9 Å². The molecule has 0 spiro atoms. The lowest BCUT2D eigenvalue weighted by atomic mass is 9.93. The van der Waals surface area contributed by atoms with E-state index in [1.165, 1.54) is 10.4 Å². The molecule has 7 nitrogen and oxygen atoms in total. The van der Waals surface area contributed by atoms with Gasteiger partial charge in [-0.2, -0.15) is 4.31 Å². The SMILES string of the molecule is CC(C)[C@H](NC(=O)C1CCN(S(=O)(=O)c2ccc3c(c2)OCCO3)CC1)c1ccccc1. The number of nitrogens with zero attached hydrogens (tertiary/aromatic N) is 1. The van der Waals surface area contributed by atoms with Crippen LogP contribution in [0.3, 0.4) is 0 Å². The lowest BCUT2D eigenvalue weighted by Gasteiger charge is -2.32. The van der Waals surface area contributed by atoms with Crippen molar-refractivity contribution in [3.05, 3.63) is 54.1 Å². The molecule has 2 aromatic carbocycles. The highest BCUT2D eigenvalue weighted by Crippen LogP contribution is 2.34. The number of hydrogen-bond donors (Lipinski definition) is 1. The number of hydrogen-bond acceptors (Lipinski definition) is 5. The fourth-order valence-electron chi connectivity index (χ4n) is 4.26. The highest BCUT2D eigenvalue weighted by molar-refractivity contribution is 7.89. The second-order valence-corrected chi connectivity index (χ2v) is 10.6. The first-order chi connectivity index (χ1) is 15.4. The molecule has 2 aromatic rings. The van der Waals surface area contributed by atoms with Crippen molar-refractivity contribution in [2.75, 3.05) is 26.3 Å². The van der Waals surface area contributed by atoms with Crippen molar-refractivity contribution in [1.82, 2.24) is 9.62 Å². The highest BCUT2D eigenvalue weighted by atomic mass is 32.2. The van der Waals surface area contributed by atoms with Crippen LogP contribution in [0.5, 0.6) is 11.5 Å². The number of benzene rings is 2. The molecule has 1 fully saturated rings. The minimum atomic E-state index is -3.66. The second kappa shape index (κ2) is 9.50. The van der Waals surface area contributed by atoms with Gasteiger partial charge in [-0.25, -0.2) is 8.42 Å². The summed E-state index contributed by atoms with van der Waals surface area (Å²) in [6, 6.07) is 14.6. The average Bonchev–Trinajstić information content (AvgIpc) is 2.82. The average molecular weight is 459 g/mol. The van der Waals surface area contributed by atoms with Crippen LogP contribution in [0.4, 0.5) is 0 Å². The molecule has 0 unspecified atom stereocenters. The van der Waals surface area contributed by atoms with E-state index in [4.69, 9.17) is 9.47 Å². The number of piperidine rings is 1. The summed E-state index contributed by atoms with van der Waals surface area (Å²) >= 11 is 0. The van der Waals surface area contributed by atoms with Crippen molar-refractivity contribution >= 4 is 15.9 Å². The first-order valence-corrected chi connectivity index (χ1v) is 12.6. The Morgan fingerprint density at radius 1 is 1.00 bits per heavy atom. The van der Waals surface area contributed by atoms with E-state index in [1.54, 1.807) is 12.1 Å². The molecule has 0 aromatic heterocycles. The van der Waals surface area contributed by atoms with E-state index in [0.717, 1.165) is 5.56 Å². The number of carbonyl (C=O) groups is 1. The molecule has 0 aliphatic carbocycles. The van der Waals surface area contributed by atoms with E-state index in [9.17, 15) is 13.2 Å². The van der Waals surface area contributed by atoms with Gasteiger partial charge in [-0.3, -0.25) is 4.79 Å². The van der Waals surface area contributed by atoms with Crippen LogP contribution in [0.25, 0.3) is 0 Å². The number of fused-ring (bicyclic) bond motifs is 1. The molecule has 2 aliphatic heterocycles. The van der Waals surface area contributed by atoms with Gasteiger partial charge in [0.25, 0.3) is 0 Å². The van der Waals surface area contributed by atoms with Gasteiger partial charge in [0, 0.05) is 25.1 Å². The molecule has 2 heterocycles. The van der Waals surface area contributed by atoms with E-state index < -0.39 is 10.0 Å². The number of sulfonamides is 1. The van der Waals surface area contributed by atoms with Crippen molar-refractivity contribution in [2.24, 2.45) is 11.8 Å². The zero-order valence-corrected chi connectivity index (χ0v) is 19.3. The Kier molecular flexibility index (Phi) is 6.71. The first kappa shape index (κ1) is 22.6. The third-order valence-corrected chi connectivity index (χ3v) is 7.99. The Balaban J connectivity index is 1.39. The third-order valence-electron chi connectivity index (χ3n) is 6.10. The number of ether oxygens (including phenoxy) is 2. The zero-order valence-electron chi connectivity index (χ0n) is 18.5. The molecule has 8 heteroatoms. The lowest BCUT2D eigenvalue weighted by Crippen LogP contribution is -2.44. The van der Waals surface area contributed by atoms with Gasteiger partial charge in [-0.05, 0) is 36.5 Å². The summed E-state index contributed by atoms with van der Waals surface area (Å²) < 4.78 is 38.7. The van der Waals surface area contributed by atoms with E-state index in [1.807, 2.05) is 30.3 Å². The molecular formula is C24H30N2O5S. The van der Waals surface area contributed by atoms with Gasteiger partial charge in [0.15, 0.2) is 11.5 Å². The lowest BCUT2D eigenvalue weighted by molar-refractivity contribution is -0.127. The van der Waals surface area contributed by atoms with Crippen molar-refractivity contribution < 1.29 is 22.7 Å². The van der Waals surface area contributed by atoms with Gasteiger partial charge in [0.05, 0.1) is 10.9 Å². The fraction of sp³-hybridized carbons (Fsp3) is 0.458. The monoisotopic (exact) mass is 458 g/mol. The first-order valence-electron chi connectivity index (χ1n) is 11.1. The molecule has 1 N–H and O–H groups in total. The van der Waals surface area contributed by atoms with Gasteiger partial charge in [0.1, 0.15) is 13.2 Å². The topological polar surface area (TPSA) is 84.9 Å². The van der Waals surface area contributed by atoms with Crippen LogP contribution >= 0.6 is 0 Å². The summed E-state index contributed by atoms with van der Waals surface area (Å²) in [6.45, 7) is 5.65. The van der Waals surface area contributed by atoms with Crippen LogP contribution in [0.1, 0.15) is 38.3 Å². The summed E-state index contributed by atoms with van der Waals surface area (Å²) in [4.78, 5) is 13.2. The Morgan fingerprint density at radius 3 is 2.31 bits per heavy atom. The molecular weight excluding hydrogens is 428 g/mol. The van der Waals surface area contributed by atoms with E-state index in [-0.39, 0.29) is 28.7 Å². The van der Waals surface area contributed by atoms with Crippen molar-refractivity contribution in [3.63, 3.8) is 0 Å². The van der Waals surface area contributed by atoms with Crippen molar-refractivity contribution in [3.8, 4) is 11.5 Å². The Morgan fingerprint density at radius 2 is 1.66 bits per heavy atom. The van der Waals surface area contributed by atoms with Crippen LogP contribution < -0.4 is 14.8 Å². The van der Waals surface area contributed by atoms with Crippen LogP contribution in [-0.2, 0) is 14.8 Å². The number of amides is 1. The molecule has 0 bridgehead atoms. The van der Waals surface area contributed by atoms with Crippen molar-refractivity contribution in [2.45, 2.75) is 37.6 Å². The molecule has 4 rings (SSSR count). The summed E-state index contributed by atoms with van der Waals surface area (Å²) in [5.41, 5.74) is 1.08. The molecule has 2 aliphatic rings. The Hall–Kier alpha value is -2.58. The molecule has 32 heavy (non-hydrogen) atoms. The largest absolute Gasteiger partial charge is 0.486 e. The maximum Gasteiger partial charge on any atom is 0.243 e. The second-order valence-electron chi connectivity index (χ2n) is 8.62. The Labute approximate surface area is 189 Å². The normalized spacial score (nSPS) is 18.3. The predicted molar refractivity (Wildman–Crippen MR) is 121 cm³/mol. The van der Waals surface area contributed by atoms with Gasteiger partial charge >= 0.3 is 0 Å². The minimum Gasteiger partial charge on any atom is -0.486 e. The predicted octanol–water partition coefficient (Wildman–Crippen LogP) is 3.37. The maximum absolute atomic E-state index is 13.1. The van der Waals surface area contributed by atoms with Gasteiger partial charge in [-0.15, -0.1) is 0 Å². The summed E-state index contributed by atoms with van der Waals surface area (Å²) in [7, 11) is -3.66. The summed E-state index contributed by atoms with van der Waals surface area (Å²) in [6.07, 6.45) is 0.991. The number of carbonyl (C=O) groups excluding carboxylic acids is 1. The molecule has 0 saturated carbocycles. The van der Waals surface area contributed by atoms with Gasteiger partial charge < -0.3 is 14.8 Å². The fourth-order valence-corrected chi connectivity index (χ4v) is 5.74. The minimum absolute atomic E-state index is 0.0102. The van der Waals surface area contributed by atoms with Gasteiger partial charge in [-0.1, -0.05) is 44.2 Å². The molecule has 0 radical (unpaired) electrons. The third kappa shape index (κ3) is 4.76. The van der Waals surface area contributed by atoms with E-state index in [0.29, 0.717) is 50.6 Å². The number of rotatable bonds is 6. The quantitative estimate of drug-likeness (QED) is 0.717. The van der Waals surface area contributed by atoms with Crippen LogP contribution in [0.2, 0.25) is 0 Å². The Bertz CT molecular complexity index is 1050. The van der Waals surface area contributed by atoms with E-state index >= 15 is 0 Å². The van der Waals surface area contributed by atoms with Crippen LogP contribution in [-0.4, -0.2) is 44.9 Å². The standard InChI is InChI=1S/C24H30N2O5S/c1-17(2)23(18-6-4-3-5-7-18)25-24(27)19-10-12-26(13-11-19)32(28,29)20-8-9-21-22(16-20)31-15-14-30-21/h3-9,16-17,19,23H,10-15H2,1-2H3,(H,25,27)/t23-/m0/s1. The molecule has 1 amide bonds. The van der Waals surface area contributed by atoms with Crippen molar-refractivity contribution in [1.29, 1.82) is 0 Å². The molecule has 1 atom stereocenters. The van der Waals surface area contributed by atoms with Crippen LogP contribution in [0, 0.1) is 11.8 Å². The summed E-state index contributed by atoms with van der Waals surface area (Å²) in [5.74, 6) is 1.04. The zero-order chi connectivity index (χ0) is 22.7. The highest BCUT2D eigenvalue weighted by Gasteiger charge is 2.33. The maximum atomic E-state index is 13.1.